The van der Waals surface area contributed by atoms with Gasteiger partial charge >= 0.3 is 0 Å². The highest BCUT2D eigenvalue weighted by molar-refractivity contribution is 6.14. The summed E-state index contributed by atoms with van der Waals surface area (Å²) < 4.78 is 8.87. The zero-order chi connectivity index (χ0) is 31.3. The fraction of sp³-hybridized carbons (Fsp3) is 0.0682. The summed E-state index contributed by atoms with van der Waals surface area (Å²) in [6.07, 6.45) is 0. The van der Waals surface area contributed by atoms with Crippen LogP contribution in [0.25, 0.3) is 83.1 Å². The van der Waals surface area contributed by atoms with E-state index >= 15 is 0 Å². The number of fused-ring (bicyclic) bond motifs is 10. The number of hydrogen-bond donors (Lipinski definition) is 0. The number of aromatic nitrogens is 2. The zero-order valence-electron chi connectivity index (χ0n) is 26.2. The molecule has 3 aromatic heterocycles. The molecule has 0 unspecified atom stereocenters. The molecule has 47 heavy (non-hydrogen) atoms. The molecule has 0 radical (unpaired) electrons. The van der Waals surface area contributed by atoms with Crippen molar-refractivity contribution in [2.24, 2.45) is 0 Å². The van der Waals surface area contributed by atoms with Crippen LogP contribution in [0.3, 0.4) is 0 Å². The van der Waals surface area contributed by atoms with Gasteiger partial charge in [-0.3, -0.25) is 4.57 Å². The average Bonchev–Trinajstić information content (AvgIpc) is 3.74. The van der Waals surface area contributed by atoms with Crippen LogP contribution in [0.4, 0.5) is 0 Å². The number of furan rings is 1. The van der Waals surface area contributed by atoms with E-state index in [1.807, 2.05) is 12.1 Å². The minimum Gasteiger partial charge on any atom is -0.455 e. The molecule has 0 saturated carbocycles. The number of benzene rings is 6. The minimum atomic E-state index is -0.137. The monoisotopic (exact) mass is 602 g/mol. The third kappa shape index (κ3) is 3.65. The summed E-state index contributed by atoms with van der Waals surface area (Å²) in [6.45, 7) is 4.73. The Morgan fingerprint density at radius 2 is 1.28 bits per heavy atom. The van der Waals surface area contributed by atoms with Crippen molar-refractivity contribution in [2.75, 3.05) is 0 Å². The van der Waals surface area contributed by atoms with Gasteiger partial charge in [0.25, 0.3) is 0 Å². The van der Waals surface area contributed by atoms with Crippen LogP contribution in [0.15, 0.2) is 150 Å². The molecule has 0 amide bonds. The van der Waals surface area contributed by atoms with Crippen LogP contribution in [0.1, 0.15) is 25.0 Å². The summed E-state index contributed by atoms with van der Waals surface area (Å²) in [4.78, 5) is 5.46. The lowest BCUT2D eigenvalue weighted by Crippen LogP contribution is -2.15. The molecule has 0 bridgehead atoms. The van der Waals surface area contributed by atoms with E-state index in [0.717, 1.165) is 61.2 Å². The fourth-order valence-corrected chi connectivity index (χ4v) is 8.09. The fourth-order valence-electron chi connectivity index (χ4n) is 8.09. The minimum absolute atomic E-state index is 0.137. The molecule has 9 aromatic rings. The van der Waals surface area contributed by atoms with Gasteiger partial charge in [0.15, 0.2) is 0 Å². The van der Waals surface area contributed by atoms with Crippen LogP contribution >= 0.6 is 0 Å². The van der Waals surface area contributed by atoms with Crippen molar-refractivity contribution in [3.63, 3.8) is 0 Å². The highest BCUT2D eigenvalue weighted by Gasteiger charge is 2.38. The summed E-state index contributed by atoms with van der Waals surface area (Å²) in [5, 5.41) is 4.75. The second-order valence-electron chi connectivity index (χ2n) is 13.2. The molecule has 3 heterocycles. The molecule has 0 N–H and O–H groups in total. The summed E-state index contributed by atoms with van der Waals surface area (Å²) in [7, 11) is 0. The van der Waals surface area contributed by atoms with Gasteiger partial charge in [-0.15, -0.1) is 0 Å². The van der Waals surface area contributed by atoms with Gasteiger partial charge in [-0.2, -0.15) is 0 Å². The molecule has 0 aliphatic heterocycles. The Morgan fingerprint density at radius 1 is 0.553 bits per heavy atom. The third-order valence-electron chi connectivity index (χ3n) is 10.2. The maximum atomic E-state index is 6.51. The lowest BCUT2D eigenvalue weighted by atomic mass is 9.80. The Kier molecular flexibility index (Phi) is 5.34. The van der Waals surface area contributed by atoms with Gasteiger partial charge in [-0.05, 0) is 69.8 Å². The second-order valence-corrected chi connectivity index (χ2v) is 13.2. The van der Waals surface area contributed by atoms with E-state index < -0.39 is 0 Å². The summed E-state index contributed by atoms with van der Waals surface area (Å²) in [6, 6.07) is 51.9. The van der Waals surface area contributed by atoms with Crippen LogP contribution in [0.2, 0.25) is 0 Å². The van der Waals surface area contributed by atoms with E-state index in [1.165, 1.54) is 33.0 Å². The maximum absolute atomic E-state index is 6.51. The van der Waals surface area contributed by atoms with Gasteiger partial charge in [0.2, 0.25) is 0 Å². The first kappa shape index (κ1) is 26.3. The van der Waals surface area contributed by atoms with Gasteiger partial charge in [0.05, 0.1) is 16.7 Å². The molecule has 0 spiro atoms. The van der Waals surface area contributed by atoms with Gasteiger partial charge < -0.3 is 4.42 Å². The van der Waals surface area contributed by atoms with Crippen LogP contribution in [0.5, 0.6) is 0 Å². The molecule has 10 rings (SSSR count). The van der Waals surface area contributed by atoms with E-state index in [9.17, 15) is 0 Å². The number of para-hydroxylation sites is 3. The summed E-state index contributed by atoms with van der Waals surface area (Å²) in [5.74, 6) is 0.883. The molecule has 1 aliphatic carbocycles. The molecule has 6 aromatic carbocycles. The van der Waals surface area contributed by atoms with Gasteiger partial charge in [0, 0.05) is 32.5 Å². The second kappa shape index (κ2) is 9.54. The van der Waals surface area contributed by atoms with Gasteiger partial charge in [0.1, 0.15) is 17.0 Å². The van der Waals surface area contributed by atoms with Crippen LogP contribution in [0, 0.1) is 0 Å². The van der Waals surface area contributed by atoms with Gasteiger partial charge in [-0.25, -0.2) is 4.98 Å². The Morgan fingerprint density at radius 3 is 2.17 bits per heavy atom. The summed E-state index contributed by atoms with van der Waals surface area (Å²) in [5.41, 5.74) is 13.5. The standard InChI is InChI=1S/C44H30N2O/c1-44(2)35-20-9-6-15-29(35)31-23-24-38-41(42(31)44)34-17-7-10-21-37(34)46(38)40-26-28(27-13-4-3-5-14-27)25-36(45-40)33-19-12-18-32-30-16-8-11-22-39(30)47-43(32)33/h3-26H,1-2H3. The first-order valence-electron chi connectivity index (χ1n) is 16.2. The van der Waals surface area contributed by atoms with E-state index in [2.05, 4.69) is 152 Å². The Labute approximate surface area is 272 Å². The maximum Gasteiger partial charge on any atom is 0.144 e. The molecule has 3 nitrogen and oxygen atoms in total. The molecule has 3 heteroatoms. The lowest BCUT2D eigenvalue weighted by Gasteiger charge is -2.22. The first-order valence-corrected chi connectivity index (χ1v) is 16.2. The van der Waals surface area contributed by atoms with E-state index in [-0.39, 0.29) is 5.41 Å². The van der Waals surface area contributed by atoms with E-state index in [1.54, 1.807) is 0 Å². The lowest BCUT2D eigenvalue weighted by molar-refractivity contribution is 0.666. The number of nitrogens with zero attached hydrogens (tertiary/aromatic N) is 2. The number of pyridine rings is 1. The third-order valence-corrected chi connectivity index (χ3v) is 10.2. The number of hydrogen-bond acceptors (Lipinski definition) is 2. The molecule has 222 valence electrons. The van der Waals surface area contributed by atoms with Crippen molar-refractivity contribution < 1.29 is 4.42 Å². The van der Waals surface area contributed by atoms with Crippen molar-refractivity contribution >= 4 is 43.7 Å². The molecule has 0 fully saturated rings. The van der Waals surface area contributed by atoms with Crippen LogP contribution in [-0.2, 0) is 5.41 Å². The summed E-state index contributed by atoms with van der Waals surface area (Å²) >= 11 is 0. The smallest absolute Gasteiger partial charge is 0.144 e. The van der Waals surface area contributed by atoms with Crippen molar-refractivity contribution in [1.29, 1.82) is 0 Å². The topological polar surface area (TPSA) is 31.0 Å². The van der Waals surface area contributed by atoms with Crippen LogP contribution < -0.4 is 0 Å². The molecular weight excluding hydrogens is 572 g/mol. The first-order chi connectivity index (χ1) is 23.1. The van der Waals surface area contributed by atoms with Crippen molar-refractivity contribution in [2.45, 2.75) is 19.3 Å². The number of rotatable bonds is 3. The SMILES string of the molecule is CC1(C)c2ccccc2-c2ccc3c(c21)c1ccccc1n3-c1cc(-c2ccccc2)cc(-c2cccc3c2oc2ccccc23)n1. The largest absolute Gasteiger partial charge is 0.455 e. The van der Waals surface area contributed by atoms with Crippen molar-refractivity contribution in [1.82, 2.24) is 9.55 Å². The zero-order valence-corrected chi connectivity index (χ0v) is 26.2. The van der Waals surface area contributed by atoms with Crippen molar-refractivity contribution in [3.05, 3.63) is 157 Å². The average molecular weight is 603 g/mol. The van der Waals surface area contributed by atoms with E-state index in [4.69, 9.17) is 9.40 Å². The predicted octanol–water partition coefficient (Wildman–Crippen LogP) is 11.7. The molecular formula is C44H30N2O. The Bertz CT molecular complexity index is 2710. The Hall–Kier alpha value is -5.93. The van der Waals surface area contributed by atoms with Gasteiger partial charge in [-0.1, -0.05) is 123 Å². The Balaban J connectivity index is 1.30. The highest BCUT2D eigenvalue weighted by atomic mass is 16.3. The molecule has 0 saturated heterocycles. The van der Waals surface area contributed by atoms with E-state index in [0.29, 0.717) is 0 Å². The molecule has 0 atom stereocenters. The van der Waals surface area contributed by atoms with Crippen LogP contribution in [-0.4, -0.2) is 9.55 Å². The predicted molar refractivity (Wildman–Crippen MR) is 194 cm³/mol. The molecule has 1 aliphatic rings. The van der Waals surface area contributed by atoms with Crippen molar-refractivity contribution in [3.8, 4) is 39.3 Å². The normalized spacial score (nSPS) is 13.5. The highest BCUT2D eigenvalue weighted by Crippen LogP contribution is 2.53. The quantitative estimate of drug-likeness (QED) is 0.201.